The van der Waals surface area contributed by atoms with E-state index in [2.05, 4.69) is 19.1 Å². The molecule has 0 rings (SSSR count). The number of hydrogen-bond donors (Lipinski definition) is 1. The van der Waals surface area contributed by atoms with E-state index in [9.17, 15) is 9.59 Å². The van der Waals surface area contributed by atoms with Gasteiger partial charge in [-0.15, -0.1) is 0 Å². The molecule has 0 heterocycles. The largest absolute Gasteiger partial charge is 0.481 e. The maximum atomic E-state index is 12.0. The number of carbonyl (C=O) groups is 2. The molecule has 0 aromatic carbocycles. The van der Waals surface area contributed by atoms with Crippen molar-refractivity contribution in [2.45, 2.75) is 181 Å². The molecule has 1 atom stereocenters. The first-order chi connectivity index (χ1) is 18.6. The van der Waals surface area contributed by atoms with Gasteiger partial charge in [-0.2, -0.15) is 0 Å². The van der Waals surface area contributed by atoms with E-state index in [0.717, 1.165) is 19.3 Å². The number of ether oxygens (including phenoxy) is 1. The van der Waals surface area contributed by atoms with Crippen LogP contribution in [0.4, 0.5) is 0 Å². The van der Waals surface area contributed by atoms with Gasteiger partial charge in [-0.05, 0) is 38.5 Å². The molecule has 0 spiro atoms. The van der Waals surface area contributed by atoms with Crippen LogP contribution in [0.3, 0.4) is 0 Å². The molecule has 1 unspecified atom stereocenters. The van der Waals surface area contributed by atoms with Gasteiger partial charge in [0.1, 0.15) is 0 Å². The zero-order valence-corrected chi connectivity index (χ0v) is 25.5. The third kappa shape index (κ3) is 27.7. The number of allylic oxidation sites excluding steroid dienone is 2. The minimum Gasteiger partial charge on any atom is -0.481 e. The van der Waals surface area contributed by atoms with Crippen molar-refractivity contribution in [1.82, 2.24) is 0 Å². The Morgan fingerprint density at radius 3 is 1.37 bits per heavy atom. The minimum atomic E-state index is -0.916. The Labute approximate surface area is 236 Å². The fourth-order valence-electron chi connectivity index (χ4n) is 5.06. The molecule has 38 heavy (non-hydrogen) atoms. The third-order valence-corrected chi connectivity index (χ3v) is 7.52. The fraction of sp³-hybridized carbons (Fsp3) is 0.882. The first kappa shape index (κ1) is 36.7. The van der Waals surface area contributed by atoms with Crippen molar-refractivity contribution in [3.05, 3.63) is 12.2 Å². The second kappa shape index (κ2) is 30.2. The van der Waals surface area contributed by atoms with Gasteiger partial charge in [0.05, 0.1) is 18.9 Å². The first-order valence-electron chi connectivity index (χ1n) is 16.6. The molecule has 0 aliphatic rings. The Balaban J connectivity index is 3.35. The van der Waals surface area contributed by atoms with Crippen molar-refractivity contribution in [2.24, 2.45) is 5.92 Å². The molecule has 4 heteroatoms. The molecule has 0 saturated carbocycles. The Morgan fingerprint density at radius 2 is 0.974 bits per heavy atom. The maximum absolute atomic E-state index is 12.0. The van der Waals surface area contributed by atoms with Crippen LogP contribution in [0.15, 0.2) is 12.2 Å². The zero-order valence-electron chi connectivity index (χ0n) is 25.5. The van der Waals surface area contributed by atoms with E-state index in [-0.39, 0.29) is 12.4 Å². The Morgan fingerprint density at radius 1 is 0.579 bits per heavy atom. The lowest BCUT2D eigenvalue weighted by Gasteiger charge is -2.13. The molecule has 0 amide bonds. The van der Waals surface area contributed by atoms with Gasteiger partial charge in [-0.3, -0.25) is 9.59 Å². The number of carboxylic acid groups (broad SMARTS) is 1. The molecule has 4 nitrogen and oxygen atoms in total. The average Bonchev–Trinajstić information content (AvgIpc) is 2.90. The number of hydrogen-bond acceptors (Lipinski definition) is 3. The van der Waals surface area contributed by atoms with E-state index in [0.29, 0.717) is 13.0 Å². The smallest absolute Gasteiger partial charge is 0.309 e. The normalized spacial score (nSPS) is 12.3. The van der Waals surface area contributed by atoms with Crippen molar-refractivity contribution < 1.29 is 19.4 Å². The molecule has 0 aliphatic carbocycles. The van der Waals surface area contributed by atoms with Crippen LogP contribution < -0.4 is 0 Å². The topological polar surface area (TPSA) is 63.6 Å². The average molecular weight is 537 g/mol. The van der Waals surface area contributed by atoms with Crippen LogP contribution in [0.1, 0.15) is 181 Å². The molecule has 0 fully saturated rings. The molecule has 0 aromatic rings. The summed E-state index contributed by atoms with van der Waals surface area (Å²) in [5.74, 6) is -1.74. The summed E-state index contributed by atoms with van der Waals surface area (Å²) in [6.07, 6.45) is 36.6. The Bertz CT molecular complexity index is 543. The van der Waals surface area contributed by atoms with Crippen molar-refractivity contribution in [3.63, 3.8) is 0 Å². The summed E-state index contributed by atoms with van der Waals surface area (Å²) >= 11 is 0. The van der Waals surface area contributed by atoms with E-state index in [1.807, 2.05) is 6.92 Å². The van der Waals surface area contributed by atoms with Gasteiger partial charge in [0, 0.05) is 0 Å². The van der Waals surface area contributed by atoms with Gasteiger partial charge < -0.3 is 9.84 Å². The van der Waals surface area contributed by atoms with Crippen LogP contribution in [0.25, 0.3) is 0 Å². The second-order valence-corrected chi connectivity index (χ2v) is 11.4. The van der Waals surface area contributed by atoms with Gasteiger partial charge in [0.2, 0.25) is 0 Å². The van der Waals surface area contributed by atoms with Crippen LogP contribution in [-0.4, -0.2) is 23.7 Å². The van der Waals surface area contributed by atoms with Crippen molar-refractivity contribution in [1.29, 1.82) is 0 Å². The van der Waals surface area contributed by atoms with E-state index in [1.165, 1.54) is 135 Å². The van der Waals surface area contributed by atoms with Crippen LogP contribution in [0.2, 0.25) is 0 Å². The van der Waals surface area contributed by atoms with Gasteiger partial charge in [-0.1, -0.05) is 148 Å². The lowest BCUT2D eigenvalue weighted by molar-refractivity contribution is -0.153. The molecule has 0 aromatic heterocycles. The van der Waals surface area contributed by atoms with Crippen LogP contribution in [-0.2, 0) is 14.3 Å². The Hall–Kier alpha value is -1.32. The predicted molar refractivity (Wildman–Crippen MR) is 163 cm³/mol. The van der Waals surface area contributed by atoms with E-state index < -0.39 is 11.9 Å². The van der Waals surface area contributed by atoms with E-state index in [4.69, 9.17) is 9.84 Å². The lowest BCUT2D eigenvalue weighted by atomic mass is 9.97. The number of carboxylic acids is 1. The fourth-order valence-corrected chi connectivity index (χ4v) is 5.06. The number of unbranched alkanes of at least 4 members (excludes halogenated alkanes) is 21. The number of rotatable bonds is 30. The van der Waals surface area contributed by atoms with Crippen molar-refractivity contribution in [2.75, 3.05) is 6.61 Å². The van der Waals surface area contributed by atoms with Crippen molar-refractivity contribution in [3.8, 4) is 0 Å². The molecule has 1 N–H and O–H groups in total. The molecule has 0 aliphatic heterocycles. The molecule has 224 valence electrons. The number of esters is 1. The quantitative estimate of drug-likeness (QED) is 0.0563. The van der Waals surface area contributed by atoms with Gasteiger partial charge in [-0.25, -0.2) is 0 Å². The molecule has 0 radical (unpaired) electrons. The van der Waals surface area contributed by atoms with Crippen molar-refractivity contribution >= 4 is 11.9 Å². The highest BCUT2D eigenvalue weighted by atomic mass is 16.5. The summed E-state index contributed by atoms with van der Waals surface area (Å²) in [6, 6.07) is 0. The molecule has 0 bridgehead atoms. The van der Waals surface area contributed by atoms with Crippen LogP contribution >= 0.6 is 0 Å². The summed E-state index contributed by atoms with van der Waals surface area (Å²) in [4.78, 5) is 23.0. The SMILES string of the molecule is CCCCCCC/C=C/CCCCCCCCCCCCCCCCCCC(CC(=O)O)C(=O)OCCC. The summed E-state index contributed by atoms with van der Waals surface area (Å²) in [7, 11) is 0. The standard InChI is InChI=1S/C34H64O4/c1-3-5-6-7-8-9-10-11-12-13-14-15-16-17-18-19-20-21-22-23-24-25-26-27-28-29-32(31-33(35)36)34(37)38-30-4-2/h10-11,32H,3-9,12-31H2,1-2H3,(H,35,36)/b11-10+. The maximum Gasteiger partial charge on any atom is 0.309 e. The lowest BCUT2D eigenvalue weighted by Crippen LogP contribution is -2.21. The number of aliphatic carboxylic acids is 1. The third-order valence-electron chi connectivity index (χ3n) is 7.52. The zero-order chi connectivity index (χ0) is 27.9. The first-order valence-corrected chi connectivity index (χ1v) is 16.6. The highest BCUT2D eigenvalue weighted by Crippen LogP contribution is 2.18. The Kier molecular flexibility index (Phi) is 29.2. The van der Waals surface area contributed by atoms with Crippen LogP contribution in [0.5, 0.6) is 0 Å². The van der Waals surface area contributed by atoms with Gasteiger partial charge in [0.15, 0.2) is 0 Å². The predicted octanol–water partition coefficient (Wildman–Crippen LogP) is 11.0. The summed E-state index contributed by atoms with van der Waals surface area (Å²) in [6.45, 7) is 4.60. The van der Waals surface area contributed by atoms with Gasteiger partial charge in [0.25, 0.3) is 0 Å². The molecule has 0 saturated heterocycles. The molecular weight excluding hydrogens is 472 g/mol. The van der Waals surface area contributed by atoms with Gasteiger partial charge >= 0.3 is 11.9 Å². The minimum absolute atomic E-state index is 0.111. The summed E-state index contributed by atoms with van der Waals surface area (Å²) in [5, 5.41) is 9.04. The number of carbonyl (C=O) groups excluding carboxylic acids is 1. The highest BCUT2D eigenvalue weighted by Gasteiger charge is 2.22. The molecular formula is C34H64O4. The highest BCUT2D eigenvalue weighted by molar-refractivity contribution is 5.79. The van der Waals surface area contributed by atoms with E-state index in [1.54, 1.807) is 0 Å². The monoisotopic (exact) mass is 536 g/mol. The summed E-state index contributed by atoms with van der Waals surface area (Å²) < 4.78 is 5.16. The van der Waals surface area contributed by atoms with Crippen LogP contribution in [0, 0.1) is 5.92 Å². The van der Waals surface area contributed by atoms with E-state index >= 15 is 0 Å². The summed E-state index contributed by atoms with van der Waals surface area (Å²) in [5.41, 5.74) is 0. The second-order valence-electron chi connectivity index (χ2n) is 11.4.